The summed E-state index contributed by atoms with van der Waals surface area (Å²) in [5.74, 6) is 0.844. The van der Waals surface area contributed by atoms with Crippen LogP contribution in [0, 0.1) is 6.92 Å². The Labute approximate surface area is 66.2 Å². The number of hydrogen-bond acceptors (Lipinski definition) is 3. The Kier molecular flexibility index (Phi) is 3.88. The van der Waals surface area contributed by atoms with Gasteiger partial charge in [-0.25, -0.2) is 0 Å². The molecule has 0 spiro atoms. The van der Waals surface area contributed by atoms with Crippen molar-refractivity contribution in [1.29, 1.82) is 0 Å². The molecule has 0 saturated heterocycles. The second-order valence-corrected chi connectivity index (χ2v) is 1.83. The zero-order valence-corrected chi connectivity index (χ0v) is 6.86. The first-order valence-electron chi connectivity index (χ1n) is 2.99. The highest BCUT2D eigenvalue weighted by Crippen LogP contribution is 2.10. The van der Waals surface area contributed by atoms with Crippen molar-refractivity contribution >= 4 is 18.1 Å². The first kappa shape index (κ1) is 9.30. The molecular weight excluding hydrogens is 152 g/mol. The minimum absolute atomic E-state index is 0. The predicted molar refractivity (Wildman–Crippen MR) is 42.7 cm³/mol. The van der Waals surface area contributed by atoms with Crippen LogP contribution in [0.5, 0.6) is 0 Å². The van der Waals surface area contributed by atoms with Gasteiger partial charge in [0.1, 0.15) is 0 Å². The lowest BCUT2D eigenvalue weighted by molar-refractivity contribution is 0.398. The molecule has 0 bridgehead atoms. The van der Waals surface area contributed by atoms with Crippen molar-refractivity contribution in [3.8, 4) is 0 Å². The quantitative estimate of drug-likeness (QED) is 0.721. The van der Waals surface area contributed by atoms with Crippen LogP contribution in [0.25, 0.3) is 0 Å². The maximum atomic E-state index is 4.80. The van der Waals surface area contributed by atoms with Crippen LogP contribution in [0.4, 0.5) is 5.69 Å². The molecule has 0 aliphatic rings. The molecule has 0 aliphatic heterocycles. The Hall–Kier alpha value is -0.700. The van der Waals surface area contributed by atoms with E-state index in [1.807, 2.05) is 13.8 Å². The van der Waals surface area contributed by atoms with Crippen LogP contribution in [0.1, 0.15) is 12.7 Å². The molecule has 4 heteroatoms. The van der Waals surface area contributed by atoms with Crippen molar-refractivity contribution in [2.45, 2.75) is 13.8 Å². The number of nitrogens with one attached hydrogen (secondary N) is 1. The number of nitrogens with zero attached hydrogens (tertiary/aromatic N) is 1. The summed E-state index contributed by atoms with van der Waals surface area (Å²) in [5.41, 5.74) is 0.984. The summed E-state index contributed by atoms with van der Waals surface area (Å²) >= 11 is 0. The zero-order chi connectivity index (χ0) is 6.69. The Morgan fingerprint density at radius 2 is 2.40 bits per heavy atom. The Bertz CT molecular complexity index is 188. The van der Waals surface area contributed by atoms with Crippen LogP contribution in [0.3, 0.4) is 0 Å². The van der Waals surface area contributed by atoms with Crippen LogP contribution in [-0.4, -0.2) is 11.7 Å². The predicted octanol–water partition coefficient (Wildman–Crippen LogP) is 1.84. The minimum Gasteiger partial charge on any atom is -0.381 e. The van der Waals surface area contributed by atoms with Crippen LogP contribution in [0.15, 0.2) is 10.7 Å². The highest BCUT2D eigenvalue weighted by atomic mass is 35.5. The molecule has 1 aromatic rings. The Balaban J connectivity index is 0.000000810. The summed E-state index contributed by atoms with van der Waals surface area (Å²) in [6.45, 7) is 4.82. The normalized spacial score (nSPS) is 8.60. The molecule has 3 nitrogen and oxygen atoms in total. The Morgan fingerprint density at radius 1 is 1.70 bits per heavy atom. The van der Waals surface area contributed by atoms with E-state index in [1.165, 1.54) is 0 Å². The SMILES string of the molecule is CCNc1cnoc1C.Cl. The summed E-state index contributed by atoms with van der Waals surface area (Å²) in [5, 5.41) is 6.70. The van der Waals surface area contributed by atoms with Crippen molar-refractivity contribution in [3.63, 3.8) is 0 Å². The summed E-state index contributed by atoms with van der Waals surface area (Å²) in [4.78, 5) is 0. The molecule has 0 unspecified atom stereocenters. The number of halogens is 1. The van der Waals surface area contributed by atoms with Gasteiger partial charge in [-0.15, -0.1) is 12.4 Å². The summed E-state index contributed by atoms with van der Waals surface area (Å²) in [6, 6.07) is 0. The fraction of sp³-hybridized carbons (Fsp3) is 0.500. The molecule has 0 aromatic carbocycles. The zero-order valence-electron chi connectivity index (χ0n) is 6.05. The van der Waals surface area contributed by atoms with E-state index in [9.17, 15) is 0 Å². The van der Waals surface area contributed by atoms with Crippen molar-refractivity contribution in [2.24, 2.45) is 0 Å². The largest absolute Gasteiger partial charge is 0.381 e. The van der Waals surface area contributed by atoms with Crippen LogP contribution >= 0.6 is 12.4 Å². The lowest BCUT2D eigenvalue weighted by Crippen LogP contribution is -1.95. The third-order valence-electron chi connectivity index (χ3n) is 1.12. The molecule has 10 heavy (non-hydrogen) atoms. The fourth-order valence-corrected chi connectivity index (χ4v) is 0.659. The topological polar surface area (TPSA) is 38.1 Å². The standard InChI is InChI=1S/C6H10N2O.ClH/c1-3-7-6-4-8-9-5(6)2;/h4,7H,3H2,1-2H3;1H. The molecule has 0 atom stereocenters. The highest BCUT2D eigenvalue weighted by molar-refractivity contribution is 5.85. The van der Waals surface area contributed by atoms with Gasteiger partial charge in [-0.05, 0) is 13.8 Å². The van der Waals surface area contributed by atoms with Gasteiger partial charge in [0.05, 0.1) is 11.9 Å². The summed E-state index contributed by atoms with van der Waals surface area (Å²) in [6.07, 6.45) is 1.68. The van der Waals surface area contributed by atoms with Gasteiger partial charge < -0.3 is 9.84 Å². The van der Waals surface area contributed by atoms with E-state index in [2.05, 4.69) is 10.5 Å². The van der Waals surface area contributed by atoms with E-state index >= 15 is 0 Å². The van der Waals surface area contributed by atoms with Crippen molar-refractivity contribution in [1.82, 2.24) is 5.16 Å². The van der Waals surface area contributed by atoms with E-state index in [0.717, 1.165) is 18.0 Å². The molecular formula is C6H11ClN2O. The molecule has 0 fully saturated rings. The van der Waals surface area contributed by atoms with E-state index in [4.69, 9.17) is 4.52 Å². The molecule has 0 amide bonds. The van der Waals surface area contributed by atoms with E-state index < -0.39 is 0 Å². The smallest absolute Gasteiger partial charge is 0.156 e. The fourth-order valence-electron chi connectivity index (χ4n) is 0.659. The maximum Gasteiger partial charge on any atom is 0.156 e. The highest BCUT2D eigenvalue weighted by Gasteiger charge is 1.97. The Morgan fingerprint density at radius 3 is 2.80 bits per heavy atom. The molecule has 0 saturated carbocycles. The van der Waals surface area contributed by atoms with Gasteiger partial charge in [0, 0.05) is 6.54 Å². The lowest BCUT2D eigenvalue weighted by Gasteiger charge is -1.95. The van der Waals surface area contributed by atoms with Crippen molar-refractivity contribution < 1.29 is 4.52 Å². The number of aryl methyl sites for hydroxylation is 1. The average Bonchev–Trinajstić information content (AvgIpc) is 2.18. The van der Waals surface area contributed by atoms with E-state index in [1.54, 1.807) is 6.20 Å². The van der Waals surface area contributed by atoms with Gasteiger partial charge >= 0.3 is 0 Å². The lowest BCUT2D eigenvalue weighted by atomic mass is 10.4. The van der Waals surface area contributed by atoms with Gasteiger partial charge in [0.25, 0.3) is 0 Å². The van der Waals surface area contributed by atoms with Gasteiger partial charge in [-0.2, -0.15) is 0 Å². The molecule has 58 valence electrons. The second-order valence-electron chi connectivity index (χ2n) is 1.83. The maximum absolute atomic E-state index is 4.80. The van der Waals surface area contributed by atoms with Gasteiger partial charge in [0.15, 0.2) is 5.76 Å². The third kappa shape index (κ3) is 1.92. The van der Waals surface area contributed by atoms with Crippen LogP contribution < -0.4 is 5.32 Å². The van der Waals surface area contributed by atoms with Gasteiger partial charge in [-0.1, -0.05) is 5.16 Å². The monoisotopic (exact) mass is 162 g/mol. The number of rotatable bonds is 2. The van der Waals surface area contributed by atoms with Gasteiger partial charge in [0.2, 0.25) is 0 Å². The van der Waals surface area contributed by atoms with Crippen LogP contribution in [-0.2, 0) is 0 Å². The summed E-state index contributed by atoms with van der Waals surface area (Å²) < 4.78 is 4.80. The molecule has 1 N–H and O–H groups in total. The third-order valence-corrected chi connectivity index (χ3v) is 1.12. The van der Waals surface area contributed by atoms with E-state index in [0.29, 0.717) is 0 Å². The number of aromatic nitrogens is 1. The van der Waals surface area contributed by atoms with E-state index in [-0.39, 0.29) is 12.4 Å². The first-order valence-corrected chi connectivity index (χ1v) is 2.99. The first-order chi connectivity index (χ1) is 4.34. The molecule has 1 heterocycles. The summed E-state index contributed by atoms with van der Waals surface area (Å²) in [7, 11) is 0. The van der Waals surface area contributed by atoms with Crippen molar-refractivity contribution in [3.05, 3.63) is 12.0 Å². The molecule has 0 aliphatic carbocycles. The molecule has 0 radical (unpaired) electrons. The minimum atomic E-state index is 0. The molecule has 1 rings (SSSR count). The number of hydrogen-bond donors (Lipinski definition) is 1. The van der Waals surface area contributed by atoms with Crippen molar-refractivity contribution in [2.75, 3.05) is 11.9 Å². The average molecular weight is 163 g/mol. The molecule has 1 aromatic heterocycles. The van der Waals surface area contributed by atoms with Gasteiger partial charge in [-0.3, -0.25) is 0 Å². The number of anilines is 1. The van der Waals surface area contributed by atoms with Crippen LogP contribution in [0.2, 0.25) is 0 Å². The second kappa shape index (κ2) is 4.17.